The minimum Gasteiger partial charge on any atom is -0.508 e. The molecule has 0 bridgehead atoms. The summed E-state index contributed by atoms with van der Waals surface area (Å²) in [5, 5.41) is 9.52. The van der Waals surface area contributed by atoms with E-state index in [1.807, 2.05) is 6.07 Å². The molecule has 0 aliphatic carbocycles. The number of hydrogen-bond acceptors (Lipinski definition) is 2. The van der Waals surface area contributed by atoms with Crippen LogP contribution in [0.5, 0.6) is 5.75 Å². The van der Waals surface area contributed by atoms with E-state index in [0.717, 1.165) is 0 Å². The molecule has 1 nitrogen and oxygen atoms in total. The number of phenols is 1. The van der Waals surface area contributed by atoms with Crippen molar-refractivity contribution >= 4 is 70.6 Å². The van der Waals surface area contributed by atoms with E-state index < -0.39 is 0 Å². The van der Waals surface area contributed by atoms with Crippen molar-refractivity contribution in [2.24, 2.45) is 0 Å². The van der Waals surface area contributed by atoms with Crippen LogP contribution in [-0.4, -0.2) is 5.11 Å². The lowest BCUT2D eigenvalue weighted by molar-refractivity contribution is 0.475. The van der Waals surface area contributed by atoms with Gasteiger partial charge in [-0.3, -0.25) is 0 Å². The quantitative estimate of drug-likeness (QED) is 0.300. The molecule has 0 saturated carbocycles. The molecule has 0 unspecified atom stereocenters. The zero-order valence-electron chi connectivity index (χ0n) is 9.17. The highest BCUT2D eigenvalue weighted by Crippen LogP contribution is 2.45. The number of rotatable bonds is 0. The second-order valence-electron chi connectivity index (χ2n) is 3.25. The van der Waals surface area contributed by atoms with Crippen molar-refractivity contribution in [2.75, 3.05) is 0 Å². The number of para-hydroxylation sites is 1. The van der Waals surface area contributed by atoms with Gasteiger partial charge >= 0.3 is 0 Å². The molecular weight excluding hydrogens is 369 g/mol. The lowest BCUT2D eigenvalue weighted by atomic mass is 10.3. The van der Waals surface area contributed by atoms with Gasteiger partial charge in [-0.2, -0.15) is 0 Å². The highest BCUT2D eigenvalue weighted by molar-refractivity contribution is 7.80. The molecule has 0 amide bonds. The second-order valence-corrected chi connectivity index (χ2v) is 5.59. The molecule has 0 aliphatic rings. The lowest BCUT2D eigenvalue weighted by Crippen LogP contribution is -1.80. The Morgan fingerprint density at radius 3 is 1.37 bits per heavy atom. The maximum atomic E-state index is 8.63. The third-order valence-electron chi connectivity index (χ3n) is 1.94. The van der Waals surface area contributed by atoms with Crippen LogP contribution in [0.3, 0.4) is 0 Å². The van der Waals surface area contributed by atoms with E-state index in [-0.39, 0.29) is 25.1 Å². The fourth-order valence-corrected chi connectivity index (χ4v) is 2.52. The Kier molecular flexibility index (Phi) is 6.95. The first-order chi connectivity index (χ1) is 8.86. The van der Waals surface area contributed by atoms with Gasteiger partial charge in [0, 0.05) is 4.90 Å². The van der Waals surface area contributed by atoms with Gasteiger partial charge in [0.2, 0.25) is 0 Å². The van der Waals surface area contributed by atoms with E-state index in [1.165, 1.54) is 0 Å². The van der Waals surface area contributed by atoms with E-state index in [4.69, 9.17) is 63.1 Å². The Morgan fingerprint density at radius 1 is 0.684 bits per heavy atom. The maximum Gasteiger partial charge on any atom is 0.115 e. The number of thiol groups is 1. The van der Waals surface area contributed by atoms with Gasteiger partial charge in [-0.25, -0.2) is 0 Å². The average molecular weight is 377 g/mol. The van der Waals surface area contributed by atoms with Crippen LogP contribution in [0.15, 0.2) is 35.2 Å². The van der Waals surface area contributed by atoms with E-state index >= 15 is 0 Å². The fraction of sp³-hybridized carbons (Fsp3) is 0. The number of phenolic OH excluding ortho intramolecular Hbond substituents is 1. The number of benzene rings is 2. The third-order valence-corrected chi connectivity index (χ3v) is 4.93. The van der Waals surface area contributed by atoms with E-state index in [0.29, 0.717) is 10.6 Å². The van der Waals surface area contributed by atoms with Crippen molar-refractivity contribution in [3.63, 3.8) is 0 Å². The largest absolute Gasteiger partial charge is 0.508 e. The Bertz CT molecular complexity index is 469. The molecule has 19 heavy (non-hydrogen) atoms. The van der Waals surface area contributed by atoms with Crippen LogP contribution in [-0.2, 0) is 0 Å². The van der Waals surface area contributed by atoms with Gasteiger partial charge in [-0.15, -0.1) is 12.6 Å². The van der Waals surface area contributed by atoms with Crippen molar-refractivity contribution in [3.8, 4) is 5.75 Å². The second kappa shape index (κ2) is 7.72. The van der Waals surface area contributed by atoms with E-state index in [1.54, 1.807) is 24.3 Å². The highest BCUT2D eigenvalue weighted by Gasteiger charge is 2.16. The summed E-state index contributed by atoms with van der Waals surface area (Å²) in [6.45, 7) is 0. The van der Waals surface area contributed by atoms with Crippen molar-refractivity contribution in [1.29, 1.82) is 0 Å². The van der Waals surface area contributed by atoms with Gasteiger partial charge in [0.25, 0.3) is 0 Å². The molecule has 0 spiro atoms. The van der Waals surface area contributed by atoms with Crippen molar-refractivity contribution < 1.29 is 5.11 Å². The first kappa shape index (κ1) is 17.1. The molecule has 0 fully saturated rings. The van der Waals surface area contributed by atoms with Crippen LogP contribution in [0.1, 0.15) is 0 Å². The summed E-state index contributed by atoms with van der Waals surface area (Å²) in [7, 11) is 0. The van der Waals surface area contributed by atoms with Crippen LogP contribution >= 0.6 is 70.6 Å². The molecule has 2 rings (SSSR count). The zero-order valence-corrected chi connectivity index (χ0v) is 13.8. The van der Waals surface area contributed by atoms with E-state index in [9.17, 15) is 0 Å². The normalized spacial score (nSPS) is 9.79. The van der Waals surface area contributed by atoms with Crippen LogP contribution in [0.2, 0.25) is 25.1 Å². The Labute approximate surface area is 141 Å². The Morgan fingerprint density at radius 2 is 1.05 bits per heavy atom. The van der Waals surface area contributed by atoms with Gasteiger partial charge in [-0.05, 0) is 12.1 Å². The number of aromatic hydroxyl groups is 1. The number of hydrogen-bond donors (Lipinski definition) is 2. The molecule has 0 atom stereocenters. The van der Waals surface area contributed by atoms with Crippen LogP contribution < -0.4 is 0 Å². The number of halogens is 5. The van der Waals surface area contributed by atoms with Gasteiger partial charge < -0.3 is 5.11 Å². The molecule has 7 heteroatoms. The third kappa shape index (κ3) is 4.52. The summed E-state index contributed by atoms with van der Waals surface area (Å²) in [6.07, 6.45) is 0. The molecule has 1 N–H and O–H groups in total. The molecular formula is C12H7Cl5OS. The summed E-state index contributed by atoms with van der Waals surface area (Å²) in [4.78, 5) is 0.331. The summed E-state index contributed by atoms with van der Waals surface area (Å²) < 4.78 is 0. The predicted octanol–water partition coefficient (Wildman–Crippen LogP) is 6.63. The van der Waals surface area contributed by atoms with Gasteiger partial charge in [0.1, 0.15) is 5.75 Å². The van der Waals surface area contributed by atoms with Crippen LogP contribution in [0.4, 0.5) is 0 Å². The lowest BCUT2D eigenvalue weighted by Gasteiger charge is -2.07. The Balaban J connectivity index is 0.000000218. The van der Waals surface area contributed by atoms with Gasteiger partial charge in [0.05, 0.1) is 25.1 Å². The smallest absolute Gasteiger partial charge is 0.115 e. The SMILES string of the molecule is Oc1ccccc1.Sc1c(Cl)c(Cl)c(Cl)c(Cl)c1Cl. The molecule has 0 radical (unpaired) electrons. The van der Waals surface area contributed by atoms with Crippen molar-refractivity contribution in [2.45, 2.75) is 4.90 Å². The van der Waals surface area contributed by atoms with Gasteiger partial charge in [-0.1, -0.05) is 76.2 Å². The highest BCUT2D eigenvalue weighted by atomic mass is 35.5. The average Bonchev–Trinajstić information content (AvgIpc) is 2.42. The minimum atomic E-state index is 0.145. The molecule has 2 aromatic carbocycles. The topological polar surface area (TPSA) is 20.2 Å². The summed E-state index contributed by atoms with van der Waals surface area (Å²) >= 11 is 32.6. The maximum absolute atomic E-state index is 8.63. The molecule has 0 aliphatic heterocycles. The monoisotopic (exact) mass is 374 g/mol. The summed E-state index contributed by atoms with van der Waals surface area (Å²) in [6, 6.07) is 8.71. The van der Waals surface area contributed by atoms with Crippen LogP contribution in [0, 0.1) is 0 Å². The first-order valence-corrected chi connectivity index (χ1v) is 7.14. The predicted molar refractivity (Wildman–Crippen MR) is 86.9 cm³/mol. The molecule has 2 aromatic rings. The van der Waals surface area contributed by atoms with Crippen LogP contribution in [0.25, 0.3) is 0 Å². The molecule has 102 valence electrons. The summed E-state index contributed by atoms with van der Waals surface area (Å²) in [5.41, 5.74) is 0. The van der Waals surface area contributed by atoms with Crippen molar-refractivity contribution in [1.82, 2.24) is 0 Å². The van der Waals surface area contributed by atoms with Gasteiger partial charge in [0.15, 0.2) is 0 Å². The van der Waals surface area contributed by atoms with E-state index in [2.05, 4.69) is 12.6 Å². The fourth-order valence-electron chi connectivity index (χ4n) is 1.02. The molecule has 0 heterocycles. The molecule has 0 aromatic heterocycles. The first-order valence-electron chi connectivity index (χ1n) is 4.80. The Hall–Kier alpha value is 0.0400. The summed E-state index contributed by atoms with van der Waals surface area (Å²) in [5.74, 6) is 0.322. The molecule has 0 saturated heterocycles. The zero-order chi connectivity index (χ0) is 14.6. The minimum absolute atomic E-state index is 0.145. The van der Waals surface area contributed by atoms with Crippen molar-refractivity contribution in [3.05, 3.63) is 55.4 Å². The standard InChI is InChI=1S/C6HCl5S.C6H6O/c7-1-2(8)4(10)6(12)5(11)3(1)9;7-6-4-2-1-3-5-6/h12H;1-5,7H.